The van der Waals surface area contributed by atoms with Crippen LogP contribution >= 0.6 is 27.7 Å². The Morgan fingerprint density at radius 3 is 2.42 bits per heavy atom. The van der Waals surface area contributed by atoms with Crippen LogP contribution in [0.3, 0.4) is 0 Å². The molecule has 0 spiro atoms. The summed E-state index contributed by atoms with van der Waals surface area (Å²) in [5.41, 5.74) is 2.44. The smallest absolute Gasteiger partial charge is 0.254 e. The molecule has 0 fully saturated rings. The van der Waals surface area contributed by atoms with Crippen molar-refractivity contribution in [3.63, 3.8) is 0 Å². The van der Waals surface area contributed by atoms with Gasteiger partial charge < -0.3 is 10.2 Å². The fourth-order valence-corrected chi connectivity index (χ4v) is 3.08. The van der Waals surface area contributed by atoms with E-state index >= 15 is 0 Å². The van der Waals surface area contributed by atoms with E-state index in [1.165, 1.54) is 10.5 Å². The zero-order valence-corrected chi connectivity index (χ0v) is 16.0. The maximum absolute atomic E-state index is 12.4. The largest absolute Gasteiger partial charge is 0.332 e. The van der Waals surface area contributed by atoms with Crippen molar-refractivity contribution >= 4 is 45.2 Å². The number of anilines is 1. The summed E-state index contributed by atoms with van der Waals surface area (Å²) in [5.74, 6) is 0.503. The molecule has 0 unspecified atom stereocenters. The Kier molecular flexibility index (Phi) is 6.87. The average Bonchev–Trinajstić information content (AvgIpc) is 2.57. The highest BCUT2D eigenvalue weighted by atomic mass is 79.9. The van der Waals surface area contributed by atoms with Gasteiger partial charge in [0, 0.05) is 22.8 Å². The van der Waals surface area contributed by atoms with E-state index in [-0.39, 0.29) is 18.4 Å². The first kappa shape index (κ1) is 18.5. The van der Waals surface area contributed by atoms with Gasteiger partial charge in [0.1, 0.15) is 0 Å². The first-order valence-corrected chi connectivity index (χ1v) is 9.57. The van der Waals surface area contributed by atoms with Crippen molar-refractivity contribution in [2.24, 2.45) is 0 Å². The Balaban J connectivity index is 1.95. The van der Waals surface area contributed by atoms with Gasteiger partial charge in [-0.15, -0.1) is 0 Å². The summed E-state index contributed by atoms with van der Waals surface area (Å²) >= 11 is 5.11. The van der Waals surface area contributed by atoms with Gasteiger partial charge in [-0.3, -0.25) is 9.59 Å². The number of amides is 2. The third kappa shape index (κ3) is 5.11. The molecule has 126 valence electrons. The van der Waals surface area contributed by atoms with Crippen LogP contribution in [0.1, 0.15) is 15.9 Å². The van der Waals surface area contributed by atoms with Crippen LogP contribution in [-0.2, 0) is 10.5 Å². The molecule has 0 heterocycles. The number of para-hydroxylation sites is 1. The molecule has 0 atom stereocenters. The summed E-state index contributed by atoms with van der Waals surface area (Å²) in [5, 5.41) is 2.79. The molecule has 0 bridgehead atoms. The van der Waals surface area contributed by atoms with Crippen LogP contribution < -0.4 is 5.32 Å². The number of carbonyl (C=O) groups excluding carboxylic acids is 2. The number of benzene rings is 2. The molecule has 6 heteroatoms. The second kappa shape index (κ2) is 8.89. The molecule has 0 radical (unpaired) electrons. The van der Waals surface area contributed by atoms with E-state index in [2.05, 4.69) is 21.2 Å². The van der Waals surface area contributed by atoms with Crippen LogP contribution in [0.2, 0.25) is 0 Å². The molecular weight excluding hydrogens is 388 g/mol. The Labute approximate surface area is 154 Å². The fourth-order valence-electron chi connectivity index (χ4n) is 2.17. The van der Waals surface area contributed by atoms with Gasteiger partial charge >= 0.3 is 0 Å². The first-order valence-electron chi connectivity index (χ1n) is 7.39. The van der Waals surface area contributed by atoms with Crippen LogP contribution in [0.4, 0.5) is 5.69 Å². The lowest BCUT2D eigenvalue weighted by Crippen LogP contribution is -2.35. The highest BCUT2D eigenvalue weighted by Gasteiger charge is 2.15. The van der Waals surface area contributed by atoms with Crippen LogP contribution in [0, 0.1) is 0 Å². The summed E-state index contributed by atoms with van der Waals surface area (Å²) in [6.45, 7) is -0.00721. The second-order valence-electron chi connectivity index (χ2n) is 5.32. The molecular formula is C18H19BrN2O2S. The highest BCUT2D eigenvalue weighted by Crippen LogP contribution is 2.21. The van der Waals surface area contributed by atoms with Gasteiger partial charge in [0.2, 0.25) is 5.91 Å². The molecule has 0 aliphatic heterocycles. The van der Waals surface area contributed by atoms with Crippen LogP contribution in [0.5, 0.6) is 0 Å². The molecule has 2 amide bonds. The van der Waals surface area contributed by atoms with Crippen molar-refractivity contribution in [2.75, 3.05) is 25.2 Å². The van der Waals surface area contributed by atoms with E-state index < -0.39 is 0 Å². The number of halogens is 1. The van der Waals surface area contributed by atoms with Crippen molar-refractivity contribution in [1.82, 2.24) is 4.90 Å². The van der Waals surface area contributed by atoms with Crippen LogP contribution in [0.25, 0.3) is 0 Å². The van der Waals surface area contributed by atoms with Gasteiger partial charge in [-0.25, -0.2) is 0 Å². The highest BCUT2D eigenvalue weighted by molar-refractivity contribution is 9.10. The van der Waals surface area contributed by atoms with Gasteiger partial charge in [0.05, 0.1) is 12.2 Å². The normalized spacial score (nSPS) is 10.3. The Hall–Kier alpha value is -1.79. The third-order valence-electron chi connectivity index (χ3n) is 3.39. The number of carbonyl (C=O) groups is 2. The first-order chi connectivity index (χ1) is 11.5. The van der Waals surface area contributed by atoms with E-state index in [9.17, 15) is 9.59 Å². The van der Waals surface area contributed by atoms with Crippen LogP contribution in [-0.4, -0.2) is 36.6 Å². The number of likely N-dealkylation sites (N-methyl/N-ethyl adjacent to an activating group) is 1. The fraction of sp³-hybridized carbons (Fsp3) is 0.222. The Morgan fingerprint density at radius 2 is 1.79 bits per heavy atom. The lowest BCUT2D eigenvalue weighted by Gasteiger charge is -2.17. The van der Waals surface area contributed by atoms with Crippen molar-refractivity contribution in [3.05, 3.63) is 64.1 Å². The molecule has 2 aromatic rings. The number of rotatable bonds is 6. The van der Waals surface area contributed by atoms with Crippen LogP contribution in [0.15, 0.2) is 53.0 Å². The van der Waals surface area contributed by atoms with Crippen molar-refractivity contribution in [2.45, 2.75) is 5.75 Å². The Morgan fingerprint density at radius 1 is 1.12 bits per heavy atom. The van der Waals surface area contributed by atoms with E-state index in [1.807, 2.05) is 36.6 Å². The minimum absolute atomic E-state index is 0.00721. The maximum Gasteiger partial charge on any atom is 0.254 e. The Bertz CT molecular complexity index is 719. The second-order valence-corrected chi connectivity index (χ2v) is 7.04. The molecule has 0 saturated heterocycles. The zero-order chi connectivity index (χ0) is 17.5. The van der Waals surface area contributed by atoms with Gasteiger partial charge in [-0.05, 0) is 52.0 Å². The molecule has 2 rings (SSSR count). The van der Waals surface area contributed by atoms with Crippen molar-refractivity contribution in [1.29, 1.82) is 0 Å². The molecule has 4 nitrogen and oxygen atoms in total. The molecule has 0 saturated carbocycles. The summed E-state index contributed by atoms with van der Waals surface area (Å²) in [6, 6.07) is 14.8. The van der Waals surface area contributed by atoms with Gasteiger partial charge in [-0.2, -0.15) is 11.8 Å². The monoisotopic (exact) mass is 406 g/mol. The number of hydrogen-bond donors (Lipinski definition) is 1. The zero-order valence-electron chi connectivity index (χ0n) is 13.6. The third-order valence-corrected chi connectivity index (χ3v) is 4.70. The predicted molar refractivity (Wildman–Crippen MR) is 103 cm³/mol. The molecule has 0 aliphatic carbocycles. The topological polar surface area (TPSA) is 49.4 Å². The van der Waals surface area contributed by atoms with Crippen molar-refractivity contribution < 1.29 is 9.59 Å². The molecule has 0 aliphatic rings. The van der Waals surface area contributed by atoms with Gasteiger partial charge in [0.25, 0.3) is 5.91 Å². The number of hydrogen-bond acceptors (Lipinski definition) is 3. The number of thioether (sulfide) groups is 1. The van der Waals surface area contributed by atoms with Gasteiger partial charge in [-0.1, -0.05) is 24.3 Å². The lowest BCUT2D eigenvalue weighted by molar-refractivity contribution is -0.116. The summed E-state index contributed by atoms with van der Waals surface area (Å²) in [6.07, 6.45) is 2.04. The average molecular weight is 407 g/mol. The molecule has 24 heavy (non-hydrogen) atoms. The van der Waals surface area contributed by atoms with Gasteiger partial charge in [0.15, 0.2) is 0 Å². The van der Waals surface area contributed by atoms with E-state index in [4.69, 9.17) is 0 Å². The summed E-state index contributed by atoms with van der Waals surface area (Å²) in [7, 11) is 1.62. The SMILES string of the molecule is CSCc1ccc(C(=O)N(C)CC(=O)Nc2ccccc2Br)cc1. The lowest BCUT2D eigenvalue weighted by atomic mass is 10.1. The van der Waals surface area contributed by atoms with E-state index in [0.717, 1.165) is 10.2 Å². The number of nitrogens with zero attached hydrogens (tertiary/aromatic N) is 1. The predicted octanol–water partition coefficient (Wildman–Crippen LogP) is 4.02. The summed E-state index contributed by atoms with van der Waals surface area (Å²) < 4.78 is 0.803. The molecule has 1 N–H and O–H groups in total. The standard InChI is InChI=1S/C18H19BrN2O2S/c1-21(11-17(22)20-16-6-4-3-5-15(16)19)18(23)14-9-7-13(8-10-14)12-24-2/h3-10H,11-12H2,1-2H3,(H,20,22). The van der Waals surface area contributed by atoms with E-state index in [1.54, 1.807) is 37.0 Å². The quantitative estimate of drug-likeness (QED) is 0.787. The van der Waals surface area contributed by atoms with E-state index in [0.29, 0.717) is 11.3 Å². The van der Waals surface area contributed by atoms with Crippen molar-refractivity contribution in [3.8, 4) is 0 Å². The molecule has 2 aromatic carbocycles. The molecule has 0 aromatic heterocycles. The number of nitrogens with one attached hydrogen (secondary N) is 1. The maximum atomic E-state index is 12.4. The minimum atomic E-state index is -0.239. The summed E-state index contributed by atoms with van der Waals surface area (Å²) in [4.78, 5) is 25.9. The minimum Gasteiger partial charge on any atom is -0.332 e.